The van der Waals surface area contributed by atoms with Gasteiger partial charge < -0.3 is 19.7 Å². The van der Waals surface area contributed by atoms with Crippen molar-refractivity contribution in [1.82, 2.24) is 9.88 Å². The number of hydrogen-bond acceptors (Lipinski definition) is 4. The number of carbonyl (C=O) groups is 1. The molecule has 0 atom stereocenters. The van der Waals surface area contributed by atoms with E-state index in [0.717, 1.165) is 4.47 Å². The van der Waals surface area contributed by atoms with Crippen LogP contribution in [0.15, 0.2) is 27.6 Å². The monoisotopic (exact) mass is 332 g/mol. The summed E-state index contributed by atoms with van der Waals surface area (Å²) in [5.74, 6) is -0.220. The Morgan fingerprint density at radius 2 is 2.21 bits per heavy atom. The van der Waals surface area contributed by atoms with Gasteiger partial charge >= 0.3 is 0 Å². The Kier molecular flexibility index (Phi) is 7.39. The zero-order valence-electron chi connectivity index (χ0n) is 10.5. The number of aromatic nitrogens is 1. The smallest absolute Gasteiger partial charge is 0.251 e. The number of nitrogens with one attached hydrogen (secondary N) is 1. The van der Waals surface area contributed by atoms with Gasteiger partial charge in [0.05, 0.1) is 13.2 Å². The number of aliphatic hydroxyl groups excluding tert-OH is 1. The third kappa shape index (κ3) is 6.51. The number of hydrogen-bond donors (Lipinski definition) is 2. The van der Waals surface area contributed by atoms with E-state index in [1.165, 1.54) is 10.6 Å². The fraction of sp³-hybridized carbons (Fsp3) is 0.500. The predicted octanol–water partition coefficient (Wildman–Crippen LogP) is 0.126. The van der Waals surface area contributed by atoms with E-state index in [0.29, 0.717) is 26.2 Å². The van der Waals surface area contributed by atoms with E-state index >= 15 is 0 Å². The second-order valence-corrected chi connectivity index (χ2v) is 4.77. The van der Waals surface area contributed by atoms with Crippen molar-refractivity contribution in [2.75, 3.05) is 26.4 Å². The molecule has 1 rings (SSSR count). The van der Waals surface area contributed by atoms with Crippen molar-refractivity contribution in [3.05, 3.63) is 33.2 Å². The number of amides is 1. The first-order valence-electron chi connectivity index (χ1n) is 5.95. The Hall–Kier alpha value is -1.18. The first kappa shape index (κ1) is 15.9. The molecule has 19 heavy (non-hydrogen) atoms. The van der Waals surface area contributed by atoms with Crippen molar-refractivity contribution >= 4 is 21.8 Å². The zero-order chi connectivity index (χ0) is 14.1. The highest BCUT2D eigenvalue weighted by Gasteiger charge is 2.04. The molecule has 0 aliphatic rings. The number of ether oxygens (including phenoxy) is 1. The molecular formula is C12H17BrN2O4. The topological polar surface area (TPSA) is 80.6 Å². The number of halogens is 1. The van der Waals surface area contributed by atoms with Crippen LogP contribution in [-0.4, -0.2) is 41.9 Å². The summed E-state index contributed by atoms with van der Waals surface area (Å²) in [7, 11) is 0. The molecule has 106 valence electrons. The fourth-order valence-electron chi connectivity index (χ4n) is 1.40. The third-order valence-corrected chi connectivity index (χ3v) is 2.75. The molecule has 0 fully saturated rings. The maximum Gasteiger partial charge on any atom is 0.251 e. The Balaban J connectivity index is 2.27. The molecular weight excluding hydrogens is 316 g/mol. The Morgan fingerprint density at radius 1 is 1.42 bits per heavy atom. The Morgan fingerprint density at radius 3 is 2.95 bits per heavy atom. The lowest BCUT2D eigenvalue weighted by Crippen LogP contribution is -2.32. The molecule has 1 amide bonds. The molecule has 0 aromatic carbocycles. The average molecular weight is 333 g/mol. The molecule has 1 aromatic rings. The summed E-state index contributed by atoms with van der Waals surface area (Å²) in [5, 5.41) is 11.2. The maximum absolute atomic E-state index is 11.6. The second-order valence-electron chi connectivity index (χ2n) is 3.85. The molecule has 6 nitrogen and oxygen atoms in total. The summed E-state index contributed by atoms with van der Waals surface area (Å²) in [6, 6.07) is 3.04. The van der Waals surface area contributed by atoms with E-state index in [4.69, 9.17) is 9.84 Å². The highest BCUT2D eigenvalue weighted by Crippen LogP contribution is 2.04. The van der Waals surface area contributed by atoms with Gasteiger partial charge in [0.2, 0.25) is 5.91 Å². The largest absolute Gasteiger partial charge is 0.394 e. The van der Waals surface area contributed by atoms with Gasteiger partial charge in [-0.25, -0.2) is 0 Å². The van der Waals surface area contributed by atoms with E-state index in [1.807, 2.05) is 0 Å². The average Bonchev–Trinajstić information content (AvgIpc) is 2.38. The molecule has 7 heteroatoms. The molecule has 0 unspecified atom stereocenters. The van der Waals surface area contributed by atoms with Crippen molar-refractivity contribution < 1.29 is 14.6 Å². The van der Waals surface area contributed by atoms with E-state index in [2.05, 4.69) is 21.2 Å². The van der Waals surface area contributed by atoms with E-state index in [-0.39, 0.29) is 24.6 Å². The minimum atomic E-state index is -0.220. The standard InChI is InChI=1S/C12H17BrN2O4/c13-10-2-3-12(18)15(8-10)9-11(17)14-4-1-6-19-7-5-16/h2-3,8,16H,1,4-7,9H2,(H,14,17). The van der Waals surface area contributed by atoms with Crippen LogP contribution < -0.4 is 10.9 Å². The zero-order valence-corrected chi connectivity index (χ0v) is 12.1. The van der Waals surface area contributed by atoms with Gasteiger partial charge in [0.1, 0.15) is 6.54 Å². The summed E-state index contributed by atoms with van der Waals surface area (Å²) in [6.07, 6.45) is 2.24. The highest BCUT2D eigenvalue weighted by molar-refractivity contribution is 9.10. The van der Waals surface area contributed by atoms with Gasteiger partial charge in [-0.1, -0.05) is 0 Å². The summed E-state index contributed by atoms with van der Waals surface area (Å²) in [5.41, 5.74) is -0.218. The van der Waals surface area contributed by atoms with Gasteiger partial charge in [0, 0.05) is 29.9 Å². The molecule has 0 spiro atoms. The SMILES string of the molecule is O=C(Cn1cc(Br)ccc1=O)NCCCOCCO. The lowest BCUT2D eigenvalue weighted by molar-refractivity contribution is -0.121. The van der Waals surface area contributed by atoms with Crippen LogP contribution in [-0.2, 0) is 16.1 Å². The molecule has 0 aliphatic carbocycles. The normalized spacial score (nSPS) is 10.4. The predicted molar refractivity (Wildman–Crippen MR) is 73.9 cm³/mol. The highest BCUT2D eigenvalue weighted by atomic mass is 79.9. The van der Waals surface area contributed by atoms with Crippen LogP contribution in [0.5, 0.6) is 0 Å². The van der Waals surface area contributed by atoms with E-state index < -0.39 is 0 Å². The van der Waals surface area contributed by atoms with Crippen LogP contribution in [0.1, 0.15) is 6.42 Å². The lowest BCUT2D eigenvalue weighted by Gasteiger charge is -2.07. The first-order chi connectivity index (χ1) is 9.13. The van der Waals surface area contributed by atoms with E-state index in [9.17, 15) is 9.59 Å². The third-order valence-electron chi connectivity index (χ3n) is 2.28. The van der Waals surface area contributed by atoms with E-state index in [1.54, 1.807) is 12.3 Å². The number of pyridine rings is 1. The van der Waals surface area contributed by atoms with Crippen LogP contribution in [0.3, 0.4) is 0 Å². The number of rotatable bonds is 8. The van der Waals surface area contributed by atoms with Crippen LogP contribution in [0.2, 0.25) is 0 Å². The minimum absolute atomic E-state index is 0.00182. The molecule has 0 aliphatic heterocycles. The van der Waals surface area contributed by atoms with Gasteiger partial charge in [-0.15, -0.1) is 0 Å². The van der Waals surface area contributed by atoms with Crippen molar-refractivity contribution in [3.63, 3.8) is 0 Å². The fourth-order valence-corrected chi connectivity index (χ4v) is 1.78. The van der Waals surface area contributed by atoms with Gasteiger partial charge in [-0.3, -0.25) is 9.59 Å². The number of carbonyl (C=O) groups excluding carboxylic acids is 1. The molecule has 0 saturated carbocycles. The van der Waals surface area contributed by atoms with Crippen LogP contribution in [0.4, 0.5) is 0 Å². The first-order valence-corrected chi connectivity index (χ1v) is 6.74. The van der Waals surface area contributed by atoms with Gasteiger partial charge in [0.25, 0.3) is 5.56 Å². The molecule has 0 radical (unpaired) electrons. The molecule has 0 saturated heterocycles. The van der Waals surface area contributed by atoms with Crippen molar-refractivity contribution in [1.29, 1.82) is 0 Å². The summed E-state index contributed by atoms with van der Waals surface area (Å²) in [4.78, 5) is 23.1. The molecule has 1 heterocycles. The second kappa shape index (κ2) is 8.84. The molecule has 0 bridgehead atoms. The summed E-state index contributed by atoms with van der Waals surface area (Å²) < 4.78 is 7.14. The van der Waals surface area contributed by atoms with Crippen molar-refractivity contribution in [3.8, 4) is 0 Å². The summed E-state index contributed by atoms with van der Waals surface area (Å²) >= 11 is 3.25. The maximum atomic E-state index is 11.6. The molecule has 2 N–H and O–H groups in total. The Bertz CT molecular complexity index is 461. The van der Waals surface area contributed by atoms with Crippen LogP contribution >= 0.6 is 15.9 Å². The van der Waals surface area contributed by atoms with Crippen LogP contribution in [0, 0.1) is 0 Å². The van der Waals surface area contributed by atoms with Crippen molar-refractivity contribution in [2.45, 2.75) is 13.0 Å². The van der Waals surface area contributed by atoms with Gasteiger partial charge in [-0.05, 0) is 28.4 Å². The summed E-state index contributed by atoms with van der Waals surface area (Å²) in [6.45, 7) is 1.26. The quantitative estimate of drug-likeness (QED) is 0.663. The lowest BCUT2D eigenvalue weighted by atomic mass is 10.4. The number of aliphatic hydroxyl groups is 1. The molecule has 1 aromatic heterocycles. The van der Waals surface area contributed by atoms with Crippen LogP contribution in [0.25, 0.3) is 0 Å². The number of nitrogens with zero attached hydrogens (tertiary/aromatic N) is 1. The Labute approximate surface area is 119 Å². The van der Waals surface area contributed by atoms with Crippen molar-refractivity contribution in [2.24, 2.45) is 0 Å². The van der Waals surface area contributed by atoms with Gasteiger partial charge in [-0.2, -0.15) is 0 Å². The minimum Gasteiger partial charge on any atom is -0.394 e. The van der Waals surface area contributed by atoms with Gasteiger partial charge in [0.15, 0.2) is 0 Å².